The van der Waals surface area contributed by atoms with Crippen molar-refractivity contribution in [3.05, 3.63) is 106 Å². The Morgan fingerprint density at radius 1 is 0.943 bits per heavy atom. The molecule has 0 aliphatic carbocycles. The van der Waals surface area contributed by atoms with Gasteiger partial charge in [-0.25, -0.2) is 13.2 Å². The summed E-state index contributed by atoms with van der Waals surface area (Å²) in [6.45, 7) is 1.82. The number of carbonyl (C=O) groups excluding carboxylic acids is 1. The van der Waals surface area contributed by atoms with Gasteiger partial charge in [0.15, 0.2) is 11.6 Å². The van der Waals surface area contributed by atoms with Gasteiger partial charge in [-0.15, -0.1) is 0 Å². The minimum Gasteiger partial charge on any atom is -0.354 e. The Morgan fingerprint density at radius 2 is 1.77 bits per heavy atom. The third-order valence-electron chi connectivity index (χ3n) is 6.21. The van der Waals surface area contributed by atoms with Gasteiger partial charge in [0.2, 0.25) is 5.91 Å². The number of amides is 1. The minimum absolute atomic E-state index is 0.0235. The molecule has 8 heteroatoms. The third-order valence-corrected chi connectivity index (χ3v) is 6.45. The van der Waals surface area contributed by atoms with Gasteiger partial charge < -0.3 is 10.6 Å². The Bertz CT molecular complexity index is 1180. The van der Waals surface area contributed by atoms with Crippen molar-refractivity contribution >= 4 is 17.5 Å². The molecule has 4 rings (SSSR count). The van der Waals surface area contributed by atoms with Gasteiger partial charge in [-0.2, -0.15) is 0 Å². The van der Waals surface area contributed by atoms with E-state index < -0.39 is 17.7 Å². The van der Waals surface area contributed by atoms with E-state index in [0.717, 1.165) is 11.6 Å². The second-order valence-electron chi connectivity index (χ2n) is 8.77. The van der Waals surface area contributed by atoms with E-state index in [1.165, 1.54) is 18.2 Å². The summed E-state index contributed by atoms with van der Waals surface area (Å²) in [6.07, 6.45) is 0.951. The first-order valence-electron chi connectivity index (χ1n) is 11.6. The van der Waals surface area contributed by atoms with Crippen molar-refractivity contribution < 1.29 is 18.0 Å². The summed E-state index contributed by atoms with van der Waals surface area (Å²) in [6, 6.07) is 17.4. The number of likely N-dealkylation sites (tertiary alicyclic amines) is 1. The number of hydrogen-bond acceptors (Lipinski definition) is 3. The number of hydrogen-bond donors (Lipinski definition) is 2. The van der Waals surface area contributed by atoms with E-state index in [2.05, 4.69) is 15.5 Å². The summed E-state index contributed by atoms with van der Waals surface area (Å²) in [4.78, 5) is 15.2. The lowest BCUT2D eigenvalue weighted by molar-refractivity contribution is -0.125. The third kappa shape index (κ3) is 6.84. The van der Waals surface area contributed by atoms with Gasteiger partial charge in [-0.1, -0.05) is 48.0 Å². The van der Waals surface area contributed by atoms with Gasteiger partial charge in [-0.3, -0.25) is 9.69 Å². The molecule has 1 fully saturated rings. The van der Waals surface area contributed by atoms with Gasteiger partial charge in [-0.05, 0) is 59.9 Å². The molecular weight excluding hydrogens is 475 g/mol. The molecule has 0 unspecified atom stereocenters. The molecule has 35 heavy (non-hydrogen) atoms. The minimum atomic E-state index is -0.884. The van der Waals surface area contributed by atoms with Crippen LogP contribution in [0.4, 0.5) is 13.2 Å². The van der Waals surface area contributed by atoms with Crippen molar-refractivity contribution in [2.24, 2.45) is 0 Å². The van der Waals surface area contributed by atoms with Crippen LogP contribution in [0.15, 0.2) is 66.7 Å². The molecule has 3 aromatic rings. The van der Waals surface area contributed by atoms with Gasteiger partial charge >= 0.3 is 0 Å². The first-order chi connectivity index (χ1) is 16.9. The molecule has 0 aromatic heterocycles. The number of carbonyl (C=O) groups is 1. The molecule has 1 aliphatic rings. The van der Waals surface area contributed by atoms with E-state index in [9.17, 15) is 18.0 Å². The highest BCUT2D eigenvalue weighted by molar-refractivity contribution is 6.30. The molecule has 1 heterocycles. The van der Waals surface area contributed by atoms with Crippen molar-refractivity contribution in [2.45, 2.75) is 38.0 Å². The van der Waals surface area contributed by atoms with Crippen LogP contribution in [0.5, 0.6) is 0 Å². The summed E-state index contributed by atoms with van der Waals surface area (Å²) >= 11 is 6.14. The van der Waals surface area contributed by atoms with E-state index in [1.54, 1.807) is 24.3 Å². The summed E-state index contributed by atoms with van der Waals surface area (Å²) in [7, 11) is 0. The van der Waals surface area contributed by atoms with E-state index >= 15 is 0 Å². The lowest BCUT2D eigenvalue weighted by atomic mass is 10.1. The lowest BCUT2D eigenvalue weighted by Gasteiger charge is -2.23. The lowest BCUT2D eigenvalue weighted by Crippen LogP contribution is -2.43. The summed E-state index contributed by atoms with van der Waals surface area (Å²) in [5.41, 5.74) is 2.17. The topological polar surface area (TPSA) is 44.4 Å². The van der Waals surface area contributed by atoms with E-state index in [0.29, 0.717) is 55.2 Å². The van der Waals surface area contributed by atoms with Gasteiger partial charge in [0, 0.05) is 37.2 Å². The van der Waals surface area contributed by atoms with Crippen molar-refractivity contribution in [3.63, 3.8) is 0 Å². The molecule has 0 bridgehead atoms. The molecule has 1 saturated heterocycles. The first kappa shape index (κ1) is 25.2. The van der Waals surface area contributed by atoms with Gasteiger partial charge in [0.25, 0.3) is 0 Å². The number of nitrogens with one attached hydrogen (secondary N) is 2. The van der Waals surface area contributed by atoms with Crippen molar-refractivity contribution in [1.82, 2.24) is 15.5 Å². The molecule has 4 nitrogen and oxygen atoms in total. The van der Waals surface area contributed by atoms with Gasteiger partial charge in [0.05, 0.1) is 6.04 Å². The van der Waals surface area contributed by atoms with Crippen LogP contribution in [-0.2, 0) is 24.3 Å². The Kier molecular flexibility index (Phi) is 8.44. The zero-order valence-corrected chi connectivity index (χ0v) is 19.9. The predicted molar refractivity (Wildman–Crippen MR) is 130 cm³/mol. The number of nitrogens with zero attached hydrogens (tertiary/aromatic N) is 1. The largest absolute Gasteiger partial charge is 0.354 e. The Morgan fingerprint density at radius 3 is 2.54 bits per heavy atom. The van der Waals surface area contributed by atoms with E-state index in [4.69, 9.17) is 11.6 Å². The fourth-order valence-electron chi connectivity index (χ4n) is 4.42. The Labute approximate surface area is 208 Å². The van der Waals surface area contributed by atoms with Crippen LogP contribution >= 0.6 is 11.6 Å². The van der Waals surface area contributed by atoms with Crippen molar-refractivity contribution in [3.8, 4) is 0 Å². The summed E-state index contributed by atoms with van der Waals surface area (Å²) in [5.74, 6) is -2.17. The maximum absolute atomic E-state index is 13.9. The Balaban J connectivity index is 1.39. The number of halogens is 4. The van der Waals surface area contributed by atoms with Crippen LogP contribution in [0.3, 0.4) is 0 Å². The van der Waals surface area contributed by atoms with Crippen molar-refractivity contribution in [1.29, 1.82) is 0 Å². The molecule has 2 atom stereocenters. The standard InChI is InChI=1S/C27H27ClF3N3O/c28-21-6-3-4-19(12-21)16-34-17-22(33-15-18-8-9-24(30)25(31)13-18)14-26(34)27(35)32-11-10-20-5-1-2-7-23(20)29/h1-9,12-13,22,26,33H,10-11,14-17H2,(H,32,35)/t22-,26-/m0/s1. The highest BCUT2D eigenvalue weighted by atomic mass is 35.5. The van der Waals surface area contributed by atoms with Crippen LogP contribution in [0.25, 0.3) is 0 Å². The quantitative estimate of drug-likeness (QED) is 0.440. The molecule has 2 N–H and O–H groups in total. The van der Waals surface area contributed by atoms with Crippen molar-refractivity contribution in [2.75, 3.05) is 13.1 Å². The zero-order chi connectivity index (χ0) is 24.8. The van der Waals surface area contributed by atoms with E-state index in [-0.39, 0.29) is 17.8 Å². The number of benzene rings is 3. The van der Waals surface area contributed by atoms with Crippen LogP contribution in [0, 0.1) is 17.5 Å². The maximum Gasteiger partial charge on any atom is 0.237 e. The molecule has 184 valence electrons. The highest BCUT2D eigenvalue weighted by Crippen LogP contribution is 2.23. The highest BCUT2D eigenvalue weighted by Gasteiger charge is 2.36. The molecule has 1 amide bonds. The zero-order valence-electron chi connectivity index (χ0n) is 19.1. The molecule has 1 aliphatic heterocycles. The summed E-state index contributed by atoms with van der Waals surface area (Å²) < 4.78 is 40.7. The first-order valence-corrected chi connectivity index (χ1v) is 11.9. The van der Waals surface area contributed by atoms with Crippen LogP contribution in [0.1, 0.15) is 23.1 Å². The molecule has 0 radical (unpaired) electrons. The molecular formula is C27H27ClF3N3O. The molecule has 0 saturated carbocycles. The summed E-state index contributed by atoms with van der Waals surface area (Å²) in [5, 5.41) is 6.93. The molecule has 0 spiro atoms. The second kappa shape index (κ2) is 11.7. The monoisotopic (exact) mass is 501 g/mol. The van der Waals surface area contributed by atoms with E-state index in [1.807, 2.05) is 18.2 Å². The van der Waals surface area contributed by atoms with Crippen LogP contribution in [-0.4, -0.2) is 36.0 Å². The Hall–Kier alpha value is -2.87. The number of rotatable bonds is 9. The average molecular weight is 502 g/mol. The predicted octanol–water partition coefficient (Wildman–Crippen LogP) is 4.85. The smallest absolute Gasteiger partial charge is 0.237 e. The normalized spacial score (nSPS) is 18.1. The SMILES string of the molecule is O=C(NCCc1ccccc1F)[C@@H]1C[C@H](NCc2ccc(F)c(F)c2)CN1Cc1cccc(Cl)c1. The fraction of sp³-hybridized carbons (Fsp3) is 0.296. The second-order valence-corrected chi connectivity index (χ2v) is 9.21. The maximum atomic E-state index is 13.9. The van der Waals surface area contributed by atoms with Crippen LogP contribution in [0.2, 0.25) is 5.02 Å². The molecule has 3 aromatic carbocycles. The van der Waals surface area contributed by atoms with Gasteiger partial charge in [0.1, 0.15) is 5.82 Å². The average Bonchev–Trinajstić information content (AvgIpc) is 3.23. The van der Waals surface area contributed by atoms with Crippen LogP contribution < -0.4 is 10.6 Å². The fourth-order valence-corrected chi connectivity index (χ4v) is 4.63.